The van der Waals surface area contributed by atoms with Gasteiger partial charge in [-0.2, -0.15) is 0 Å². The van der Waals surface area contributed by atoms with Crippen LogP contribution in [-0.2, 0) is 6.42 Å². The van der Waals surface area contributed by atoms with E-state index in [1.807, 2.05) is 6.07 Å². The Morgan fingerprint density at radius 2 is 2.12 bits per heavy atom. The van der Waals surface area contributed by atoms with E-state index in [4.69, 9.17) is 5.73 Å². The summed E-state index contributed by atoms with van der Waals surface area (Å²) in [4.78, 5) is 8.72. The van der Waals surface area contributed by atoms with Crippen LogP contribution in [0.4, 0.5) is 11.6 Å². The second kappa shape index (κ2) is 4.90. The van der Waals surface area contributed by atoms with Crippen molar-refractivity contribution in [2.45, 2.75) is 46.0 Å². The summed E-state index contributed by atoms with van der Waals surface area (Å²) in [5.41, 5.74) is 6.30. The predicted octanol–water partition coefficient (Wildman–Crippen LogP) is 2.61. The molecule has 0 aliphatic heterocycles. The first-order valence-corrected chi connectivity index (χ1v) is 6.55. The first kappa shape index (κ1) is 12.1. The maximum atomic E-state index is 5.79. The van der Waals surface area contributed by atoms with E-state index in [0.29, 0.717) is 11.2 Å². The number of aryl methyl sites for hydroxylation is 1. The molecule has 0 spiro atoms. The maximum Gasteiger partial charge on any atom is 0.133 e. The van der Waals surface area contributed by atoms with Gasteiger partial charge in [-0.1, -0.05) is 13.8 Å². The number of hydrogen-bond acceptors (Lipinski definition) is 4. The SMILES string of the molecule is CCCc1nc(N)cc(NCC2(CC)CC2)n1. The van der Waals surface area contributed by atoms with Crippen LogP contribution < -0.4 is 11.1 Å². The van der Waals surface area contributed by atoms with Crippen LogP contribution in [0.15, 0.2) is 6.07 Å². The average Bonchev–Trinajstić information content (AvgIpc) is 3.07. The molecule has 1 fully saturated rings. The number of aromatic nitrogens is 2. The number of nitrogen functional groups attached to an aromatic ring is 1. The quantitative estimate of drug-likeness (QED) is 0.794. The van der Waals surface area contributed by atoms with Gasteiger partial charge in [0.05, 0.1) is 0 Å². The highest BCUT2D eigenvalue weighted by atomic mass is 15.1. The summed E-state index contributed by atoms with van der Waals surface area (Å²) in [6, 6.07) is 1.82. The van der Waals surface area contributed by atoms with E-state index in [0.717, 1.165) is 31.0 Å². The van der Waals surface area contributed by atoms with Crippen molar-refractivity contribution in [3.63, 3.8) is 0 Å². The molecular formula is C13H22N4. The van der Waals surface area contributed by atoms with Gasteiger partial charge in [-0.3, -0.25) is 0 Å². The van der Waals surface area contributed by atoms with Crippen LogP contribution in [0.1, 0.15) is 45.4 Å². The molecule has 0 unspecified atom stereocenters. The van der Waals surface area contributed by atoms with Crippen molar-refractivity contribution >= 4 is 11.6 Å². The lowest BCUT2D eigenvalue weighted by molar-refractivity contribution is 0.520. The Kier molecular flexibility index (Phi) is 3.50. The second-order valence-corrected chi connectivity index (χ2v) is 5.05. The van der Waals surface area contributed by atoms with Crippen molar-refractivity contribution in [3.8, 4) is 0 Å². The van der Waals surface area contributed by atoms with E-state index in [1.54, 1.807) is 0 Å². The summed E-state index contributed by atoms with van der Waals surface area (Å²) >= 11 is 0. The number of nitrogens with zero attached hydrogens (tertiary/aromatic N) is 2. The molecule has 0 atom stereocenters. The van der Waals surface area contributed by atoms with Gasteiger partial charge in [0.25, 0.3) is 0 Å². The van der Waals surface area contributed by atoms with Crippen molar-refractivity contribution in [1.82, 2.24) is 9.97 Å². The van der Waals surface area contributed by atoms with E-state index in [9.17, 15) is 0 Å². The molecule has 1 aliphatic rings. The molecule has 94 valence electrons. The molecule has 1 saturated carbocycles. The maximum absolute atomic E-state index is 5.79. The summed E-state index contributed by atoms with van der Waals surface area (Å²) in [6.45, 7) is 5.38. The summed E-state index contributed by atoms with van der Waals surface area (Å²) in [5.74, 6) is 2.28. The molecule has 17 heavy (non-hydrogen) atoms. The molecule has 0 radical (unpaired) electrons. The Balaban J connectivity index is 2.00. The molecule has 0 bridgehead atoms. The molecule has 4 nitrogen and oxygen atoms in total. The van der Waals surface area contributed by atoms with Crippen molar-refractivity contribution in [2.75, 3.05) is 17.6 Å². The normalized spacial score (nSPS) is 16.8. The molecule has 1 aromatic heterocycles. The average molecular weight is 234 g/mol. The third-order valence-electron chi connectivity index (χ3n) is 3.62. The van der Waals surface area contributed by atoms with Crippen LogP contribution in [0.5, 0.6) is 0 Å². The summed E-state index contributed by atoms with van der Waals surface area (Å²) in [7, 11) is 0. The number of nitrogens with two attached hydrogens (primary N) is 1. The van der Waals surface area contributed by atoms with Gasteiger partial charge in [-0.05, 0) is 31.1 Å². The molecule has 4 heteroatoms. The third kappa shape index (κ3) is 3.08. The first-order valence-electron chi connectivity index (χ1n) is 6.55. The minimum Gasteiger partial charge on any atom is -0.384 e. The molecule has 1 aromatic rings. The second-order valence-electron chi connectivity index (χ2n) is 5.05. The van der Waals surface area contributed by atoms with E-state index in [2.05, 4.69) is 29.1 Å². The van der Waals surface area contributed by atoms with Crippen LogP contribution in [0.3, 0.4) is 0 Å². The van der Waals surface area contributed by atoms with Gasteiger partial charge in [0.1, 0.15) is 17.5 Å². The Morgan fingerprint density at radius 1 is 1.35 bits per heavy atom. The minimum absolute atomic E-state index is 0.518. The Morgan fingerprint density at radius 3 is 2.71 bits per heavy atom. The van der Waals surface area contributed by atoms with Crippen molar-refractivity contribution in [1.29, 1.82) is 0 Å². The van der Waals surface area contributed by atoms with Crippen molar-refractivity contribution in [2.24, 2.45) is 5.41 Å². The van der Waals surface area contributed by atoms with Gasteiger partial charge < -0.3 is 11.1 Å². The number of rotatable bonds is 6. The Bertz CT molecular complexity index is 385. The standard InChI is InChI=1S/C13H22N4/c1-3-5-11-16-10(14)8-12(17-11)15-9-13(4-2)6-7-13/h8H,3-7,9H2,1-2H3,(H3,14,15,16,17). The highest BCUT2D eigenvalue weighted by Gasteiger charge is 2.40. The van der Waals surface area contributed by atoms with Crippen molar-refractivity contribution in [3.05, 3.63) is 11.9 Å². The third-order valence-corrected chi connectivity index (χ3v) is 3.62. The fourth-order valence-corrected chi connectivity index (χ4v) is 2.05. The van der Waals surface area contributed by atoms with Crippen molar-refractivity contribution < 1.29 is 0 Å². The number of hydrogen-bond donors (Lipinski definition) is 2. The molecule has 0 aromatic carbocycles. The molecule has 1 aliphatic carbocycles. The Labute approximate surface area is 103 Å². The monoisotopic (exact) mass is 234 g/mol. The zero-order valence-corrected chi connectivity index (χ0v) is 10.8. The molecule has 3 N–H and O–H groups in total. The van der Waals surface area contributed by atoms with Crippen LogP contribution in [0.2, 0.25) is 0 Å². The fraction of sp³-hybridized carbons (Fsp3) is 0.692. The minimum atomic E-state index is 0.518. The van der Waals surface area contributed by atoms with Crippen LogP contribution in [-0.4, -0.2) is 16.5 Å². The lowest BCUT2D eigenvalue weighted by atomic mass is 10.0. The lowest BCUT2D eigenvalue weighted by Crippen LogP contribution is -2.16. The van der Waals surface area contributed by atoms with Gasteiger partial charge in [0.2, 0.25) is 0 Å². The molecular weight excluding hydrogens is 212 g/mol. The highest BCUT2D eigenvalue weighted by Crippen LogP contribution is 2.48. The first-order chi connectivity index (χ1) is 8.17. The van der Waals surface area contributed by atoms with Gasteiger partial charge in [-0.15, -0.1) is 0 Å². The zero-order valence-electron chi connectivity index (χ0n) is 10.8. The van der Waals surface area contributed by atoms with Crippen LogP contribution in [0, 0.1) is 5.41 Å². The lowest BCUT2D eigenvalue weighted by Gasteiger charge is -2.14. The fourth-order valence-electron chi connectivity index (χ4n) is 2.05. The summed E-state index contributed by atoms with van der Waals surface area (Å²) in [5, 5.41) is 3.41. The molecule has 2 rings (SSSR count). The smallest absolute Gasteiger partial charge is 0.133 e. The molecule has 0 saturated heterocycles. The van der Waals surface area contributed by atoms with E-state index < -0.39 is 0 Å². The van der Waals surface area contributed by atoms with Gasteiger partial charge >= 0.3 is 0 Å². The largest absolute Gasteiger partial charge is 0.384 e. The van der Waals surface area contributed by atoms with Gasteiger partial charge in [-0.25, -0.2) is 9.97 Å². The summed E-state index contributed by atoms with van der Waals surface area (Å²) < 4.78 is 0. The highest BCUT2D eigenvalue weighted by molar-refractivity contribution is 5.45. The van der Waals surface area contributed by atoms with E-state index in [-0.39, 0.29) is 0 Å². The predicted molar refractivity (Wildman–Crippen MR) is 70.9 cm³/mol. The van der Waals surface area contributed by atoms with Crippen LogP contribution >= 0.6 is 0 Å². The summed E-state index contributed by atoms with van der Waals surface area (Å²) in [6.07, 6.45) is 5.83. The number of anilines is 2. The Hall–Kier alpha value is -1.32. The molecule has 0 amide bonds. The topological polar surface area (TPSA) is 63.8 Å². The molecule has 1 heterocycles. The zero-order chi connectivity index (χ0) is 12.3. The van der Waals surface area contributed by atoms with Gasteiger partial charge in [0, 0.05) is 19.0 Å². The van der Waals surface area contributed by atoms with Crippen LogP contribution in [0.25, 0.3) is 0 Å². The van der Waals surface area contributed by atoms with E-state index in [1.165, 1.54) is 19.3 Å². The number of nitrogens with one attached hydrogen (secondary N) is 1. The van der Waals surface area contributed by atoms with E-state index >= 15 is 0 Å². The van der Waals surface area contributed by atoms with Gasteiger partial charge in [0.15, 0.2) is 0 Å².